The lowest BCUT2D eigenvalue weighted by molar-refractivity contribution is -0.385. The first-order chi connectivity index (χ1) is 14.9. The van der Waals surface area contributed by atoms with E-state index in [2.05, 4.69) is 15.1 Å². The molecule has 176 valence electrons. The molecule has 0 radical (unpaired) electrons. The molecule has 0 bridgehead atoms. The molecule has 2 N–H and O–H groups in total. The predicted octanol–water partition coefficient (Wildman–Crippen LogP) is 2.89. The average Bonchev–Trinajstić information content (AvgIpc) is 2.99. The molecule has 0 spiro atoms. The van der Waals surface area contributed by atoms with E-state index in [0.717, 1.165) is 12.1 Å². The van der Waals surface area contributed by atoms with Gasteiger partial charge in [0.15, 0.2) is 5.69 Å². The molecule has 1 aromatic heterocycles. The maximum absolute atomic E-state index is 12.9. The summed E-state index contributed by atoms with van der Waals surface area (Å²) in [6, 6.07) is 2.93. The topological polar surface area (TPSA) is 145 Å². The lowest BCUT2D eigenvalue weighted by atomic mass is 10.2. The first-order valence-corrected chi connectivity index (χ1v) is 11.7. The predicted molar refractivity (Wildman–Crippen MR) is 118 cm³/mol. The van der Waals surface area contributed by atoms with Crippen LogP contribution in [0.1, 0.15) is 50.2 Å². The smallest absolute Gasteiger partial charge is 0.272 e. The molecule has 12 heteroatoms. The van der Waals surface area contributed by atoms with E-state index in [0.29, 0.717) is 18.5 Å². The van der Waals surface area contributed by atoms with Gasteiger partial charge in [-0.3, -0.25) is 14.9 Å². The van der Waals surface area contributed by atoms with Gasteiger partial charge in [0.25, 0.3) is 11.6 Å². The van der Waals surface area contributed by atoms with Gasteiger partial charge in [-0.15, -0.1) is 0 Å². The number of hydrogen-bond acceptors (Lipinski definition) is 7. The van der Waals surface area contributed by atoms with Crippen LogP contribution in [0.5, 0.6) is 11.6 Å². The fourth-order valence-electron chi connectivity index (χ4n) is 2.77. The van der Waals surface area contributed by atoms with E-state index < -0.39 is 20.6 Å². The molecule has 1 aromatic carbocycles. The van der Waals surface area contributed by atoms with Crippen molar-refractivity contribution in [2.75, 3.05) is 6.54 Å². The van der Waals surface area contributed by atoms with E-state index >= 15 is 0 Å². The minimum absolute atomic E-state index is 0.119. The zero-order valence-electron chi connectivity index (χ0n) is 19.0. The van der Waals surface area contributed by atoms with Gasteiger partial charge in [0.05, 0.1) is 4.92 Å². The number of carbonyl (C=O) groups excluding carboxylic acids is 1. The third-order valence-corrected chi connectivity index (χ3v) is 6.32. The lowest BCUT2D eigenvalue weighted by Gasteiger charge is -2.15. The molecule has 0 aliphatic heterocycles. The highest BCUT2D eigenvalue weighted by atomic mass is 32.2. The second-order valence-corrected chi connectivity index (χ2v) is 9.61. The van der Waals surface area contributed by atoms with Crippen molar-refractivity contribution in [3.8, 4) is 11.6 Å². The van der Waals surface area contributed by atoms with Gasteiger partial charge in [-0.2, -0.15) is 5.10 Å². The zero-order valence-corrected chi connectivity index (χ0v) is 19.8. The number of rotatable bonds is 10. The van der Waals surface area contributed by atoms with Crippen LogP contribution in [-0.4, -0.2) is 41.6 Å². The summed E-state index contributed by atoms with van der Waals surface area (Å²) in [7, 11) is -2.57. The number of nitro groups is 1. The molecule has 1 heterocycles. The Balaban J connectivity index is 2.49. The van der Waals surface area contributed by atoms with Crippen LogP contribution in [0.25, 0.3) is 0 Å². The number of aryl methyl sites for hydroxylation is 1. The minimum Gasteiger partial charge on any atom is -0.438 e. The van der Waals surface area contributed by atoms with Crippen molar-refractivity contribution in [2.45, 2.75) is 52.0 Å². The number of amides is 1. The highest BCUT2D eigenvalue weighted by molar-refractivity contribution is 7.89. The molecule has 32 heavy (non-hydrogen) atoms. The molecule has 2 rings (SSSR count). The number of nitrogens with one attached hydrogen (secondary N) is 2. The van der Waals surface area contributed by atoms with E-state index in [1.165, 1.54) is 10.7 Å². The van der Waals surface area contributed by atoms with Crippen molar-refractivity contribution < 1.29 is 22.9 Å². The Morgan fingerprint density at radius 2 is 1.97 bits per heavy atom. The first-order valence-electron chi connectivity index (χ1n) is 10.2. The molecule has 0 saturated heterocycles. The number of carbonyl (C=O) groups is 1. The molecular formula is C20H29N5O6S. The molecule has 1 unspecified atom stereocenters. The van der Waals surface area contributed by atoms with Gasteiger partial charge < -0.3 is 10.1 Å². The first kappa shape index (κ1) is 25.3. The van der Waals surface area contributed by atoms with E-state index in [9.17, 15) is 23.3 Å². The zero-order chi connectivity index (χ0) is 24.2. The number of hydrogen-bond donors (Lipinski definition) is 2. The highest BCUT2D eigenvalue weighted by Crippen LogP contribution is 2.34. The number of non-ortho nitro benzene ring substituents is 1. The fraction of sp³-hybridized carbons (Fsp3) is 0.500. The third-order valence-electron chi connectivity index (χ3n) is 4.71. The maximum Gasteiger partial charge on any atom is 0.272 e. The van der Waals surface area contributed by atoms with Crippen LogP contribution >= 0.6 is 0 Å². The Morgan fingerprint density at radius 1 is 1.31 bits per heavy atom. The summed E-state index contributed by atoms with van der Waals surface area (Å²) in [5, 5.41) is 18.2. The number of ether oxygens (including phenoxy) is 1. The molecule has 0 aliphatic rings. The molecular weight excluding hydrogens is 438 g/mol. The van der Waals surface area contributed by atoms with Gasteiger partial charge in [0.1, 0.15) is 10.6 Å². The second-order valence-electron chi connectivity index (χ2n) is 7.93. The van der Waals surface area contributed by atoms with E-state index in [1.54, 1.807) is 20.9 Å². The van der Waals surface area contributed by atoms with Crippen molar-refractivity contribution in [1.82, 2.24) is 19.8 Å². The number of aromatic nitrogens is 2. The van der Waals surface area contributed by atoms with E-state index in [-0.39, 0.29) is 40.1 Å². The Hall–Kier alpha value is -2.99. The summed E-state index contributed by atoms with van der Waals surface area (Å²) in [5.41, 5.74) is 0.162. The van der Waals surface area contributed by atoms with Crippen molar-refractivity contribution >= 4 is 21.6 Å². The van der Waals surface area contributed by atoms with Gasteiger partial charge in [-0.25, -0.2) is 17.8 Å². The molecule has 1 amide bonds. The van der Waals surface area contributed by atoms with Gasteiger partial charge in [-0.1, -0.05) is 20.8 Å². The Labute approximate surface area is 187 Å². The van der Waals surface area contributed by atoms with Crippen LogP contribution in [0.15, 0.2) is 23.1 Å². The molecule has 1 atom stereocenters. The number of benzene rings is 1. The Kier molecular flexibility index (Phi) is 7.97. The summed E-state index contributed by atoms with van der Waals surface area (Å²) in [6.45, 7) is 9.51. The average molecular weight is 468 g/mol. The molecule has 11 nitrogen and oxygen atoms in total. The Morgan fingerprint density at radius 3 is 2.53 bits per heavy atom. The SMILES string of the molecule is CCC(C)NS(=O)(=O)c1cc([N+](=O)[O-])ccc1Oc1c(C)c(C(=O)NCC(C)C)nn1C. The minimum atomic E-state index is -4.12. The van der Waals surface area contributed by atoms with Crippen LogP contribution in [0.4, 0.5) is 5.69 Å². The molecule has 2 aromatic rings. The van der Waals surface area contributed by atoms with Gasteiger partial charge in [0, 0.05) is 37.3 Å². The third kappa shape index (κ3) is 5.82. The van der Waals surface area contributed by atoms with Crippen molar-refractivity contribution in [2.24, 2.45) is 13.0 Å². The molecule has 0 saturated carbocycles. The van der Waals surface area contributed by atoms with Crippen LogP contribution < -0.4 is 14.8 Å². The summed E-state index contributed by atoms with van der Waals surface area (Å²) in [4.78, 5) is 22.6. The number of nitrogens with zero attached hydrogens (tertiary/aromatic N) is 3. The molecule has 0 aliphatic carbocycles. The second kappa shape index (κ2) is 10.1. The summed E-state index contributed by atoms with van der Waals surface area (Å²) in [5.74, 6) is -0.0959. The number of nitro benzene ring substituents is 1. The number of sulfonamides is 1. The lowest BCUT2D eigenvalue weighted by Crippen LogP contribution is -2.32. The van der Waals surface area contributed by atoms with Crippen molar-refractivity contribution in [1.29, 1.82) is 0 Å². The van der Waals surface area contributed by atoms with Crippen molar-refractivity contribution in [3.05, 3.63) is 39.6 Å². The monoisotopic (exact) mass is 467 g/mol. The Bertz CT molecular complexity index is 1110. The van der Waals surface area contributed by atoms with E-state index in [4.69, 9.17) is 4.74 Å². The highest BCUT2D eigenvalue weighted by Gasteiger charge is 2.27. The van der Waals surface area contributed by atoms with Crippen LogP contribution in [0, 0.1) is 23.0 Å². The van der Waals surface area contributed by atoms with Gasteiger partial charge >= 0.3 is 0 Å². The van der Waals surface area contributed by atoms with Crippen LogP contribution in [0.2, 0.25) is 0 Å². The van der Waals surface area contributed by atoms with Gasteiger partial charge in [-0.05, 0) is 32.3 Å². The summed E-state index contributed by atoms with van der Waals surface area (Å²) in [6.07, 6.45) is 0.528. The molecule has 0 fully saturated rings. The quantitative estimate of drug-likeness (QED) is 0.403. The summed E-state index contributed by atoms with van der Waals surface area (Å²) >= 11 is 0. The maximum atomic E-state index is 12.9. The standard InChI is InChI=1S/C20H29N5O6S/c1-7-13(4)23-32(29,30)17-10-15(25(27)28)8-9-16(17)31-20-14(5)18(22-24(20)6)19(26)21-11-12(2)3/h8-10,12-13,23H,7,11H2,1-6H3,(H,21,26). The van der Waals surface area contributed by atoms with Crippen LogP contribution in [-0.2, 0) is 17.1 Å². The van der Waals surface area contributed by atoms with Crippen molar-refractivity contribution in [3.63, 3.8) is 0 Å². The normalized spacial score (nSPS) is 12.6. The van der Waals surface area contributed by atoms with E-state index in [1.807, 2.05) is 20.8 Å². The van der Waals surface area contributed by atoms with Gasteiger partial charge in [0.2, 0.25) is 15.9 Å². The largest absolute Gasteiger partial charge is 0.438 e. The summed E-state index contributed by atoms with van der Waals surface area (Å²) < 4.78 is 35.5. The van der Waals surface area contributed by atoms with Crippen LogP contribution in [0.3, 0.4) is 0 Å². The fourth-order valence-corrected chi connectivity index (χ4v) is 4.25.